The van der Waals surface area contributed by atoms with Gasteiger partial charge in [-0.25, -0.2) is 5.48 Å². The van der Waals surface area contributed by atoms with Gasteiger partial charge in [0.15, 0.2) is 6.61 Å². The molecule has 1 aromatic rings. The second kappa shape index (κ2) is 11.7. The van der Waals surface area contributed by atoms with Crippen LogP contribution in [0.2, 0.25) is 6.04 Å². The Bertz CT molecular complexity index is 524. The quantitative estimate of drug-likeness (QED) is 0.505. The lowest BCUT2D eigenvalue weighted by Crippen LogP contribution is -2.51. The summed E-state index contributed by atoms with van der Waals surface area (Å²) in [7, 11) is -1.05. The first-order chi connectivity index (χ1) is 12.7. The number of nitrogens with one attached hydrogen (secondary N) is 1. The van der Waals surface area contributed by atoms with Gasteiger partial charge in [0.1, 0.15) is 5.75 Å². The van der Waals surface area contributed by atoms with Crippen molar-refractivity contribution in [2.75, 3.05) is 32.6 Å². The van der Waals surface area contributed by atoms with Crippen LogP contribution in [-0.2, 0) is 18.2 Å². The number of thioether (sulfide) groups is 1. The number of hydrogen-bond donors (Lipinski definition) is 1. The molecule has 1 heterocycles. The third-order valence-corrected chi connectivity index (χ3v) is 7.95. The van der Waals surface area contributed by atoms with E-state index in [1.165, 1.54) is 11.8 Å². The molecule has 1 aliphatic heterocycles. The minimum atomic E-state index is -2.69. The summed E-state index contributed by atoms with van der Waals surface area (Å²) >= 11 is 1.28. The van der Waals surface area contributed by atoms with E-state index in [2.05, 4.69) is 12.4 Å². The highest BCUT2D eigenvalue weighted by molar-refractivity contribution is 8.13. The molecule has 0 saturated carbocycles. The first-order valence-electron chi connectivity index (χ1n) is 9.11. The zero-order valence-corrected chi connectivity index (χ0v) is 17.4. The van der Waals surface area contributed by atoms with Crippen LogP contribution in [0.4, 0.5) is 0 Å². The molecule has 1 saturated heterocycles. The summed E-state index contributed by atoms with van der Waals surface area (Å²) in [4.78, 5) is 11.9. The van der Waals surface area contributed by atoms with E-state index in [0.29, 0.717) is 30.1 Å². The molecule has 2 unspecified atom stereocenters. The third-order valence-electron chi connectivity index (χ3n) is 4.33. The molecule has 1 aromatic carbocycles. The van der Waals surface area contributed by atoms with Gasteiger partial charge in [-0.15, -0.1) is 0 Å². The third kappa shape index (κ3) is 7.38. The molecular formula is C18H29NO5SSi. The molecule has 0 amide bonds. The van der Waals surface area contributed by atoms with Crippen molar-refractivity contribution in [1.29, 1.82) is 0 Å². The van der Waals surface area contributed by atoms with Gasteiger partial charge in [0.2, 0.25) is 5.12 Å². The van der Waals surface area contributed by atoms with Crippen LogP contribution in [0.25, 0.3) is 0 Å². The van der Waals surface area contributed by atoms with Crippen molar-refractivity contribution in [3.8, 4) is 5.75 Å². The van der Waals surface area contributed by atoms with E-state index in [9.17, 15) is 4.79 Å². The van der Waals surface area contributed by atoms with E-state index in [-0.39, 0.29) is 11.7 Å². The van der Waals surface area contributed by atoms with Crippen LogP contribution in [0.15, 0.2) is 30.3 Å². The van der Waals surface area contributed by atoms with Gasteiger partial charge >= 0.3 is 8.80 Å². The lowest BCUT2D eigenvalue weighted by molar-refractivity contribution is -0.112. The van der Waals surface area contributed by atoms with Crippen molar-refractivity contribution in [2.45, 2.75) is 32.2 Å². The molecule has 0 aromatic heterocycles. The Labute approximate surface area is 161 Å². The second-order valence-electron chi connectivity index (χ2n) is 6.17. The molecule has 26 heavy (non-hydrogen) atoms. The number of benzene rings is 1. The van der Waals surface area contributed by atoms with Crippen molar-refractivity contribution in [2.24, 2.45) is 5.92 Å². The smallest absolute Gasteiger partial charge is 0.485 e. The Hall–Kier alpha value is -0.903. The van der Waals surface area contributed by atoms with E-state index in [0.717, 1.165) is 25.8 Å². The van der Waals surface area contributed by atoms with Crippen LogP contribution in [-0.4, -0.2) is 46.5 Å². The average molecular weight is 400 g/mol. The molecule has 8 heteroatoms. The number of hydroxylamine groups is 1. The van der Waals surface area contributed by atoms with Crippen molar-refractivity contribution in [1.82, 2.24) is 5.48 Å². The predicted molar refractivity (Wildman–Crippen MR) is 105 cm³/mol. The number of rotatable bonds is 9. The van der Waals surface area contributed by atoms with E-state index in [1.807, 2.05) is 30.3 Å². The zero-order valence-electron chi connectivity index (χ0n) is 15.6. The Morgan fingerprint density at radius 2 is 2.19 bits per heavy atom. The topological polar surface area (TPSA) is 66.0 Å². The minimum Gasteiger partial charge on any atom is -0.485 e. The van der Waals surface area contributed by atoms with Crippen LogP contribution in [0.5, 0.6) is 5.75 Å². The first-order valence-corrected chi connectivity index (χ1v) is 12.0. The Morgan fingerprint density at radius 1 is 1.38 bits per heavy atom. The van der Waals surface area contributed by atoms with Gasteiger partial charge < -0.3 is 13.6 Å². The van der Waals surface area contributed by atoms with Gasteiger partial charge in [0, 0.05) is 32.1 Å². The molecular weight excluding hydrogens is 370 g/mol. The molecule has 1 N–H and O–H groups in total. The van der Waals surface area contributed by atoms with Crippen LogP contribution >= 0.6 is 11.8 Å². The van der Waals surface area contributed by atoms with Crippen molar-refractivity contribution < 1.29 is 22.9 Å². The summed E-state index contributed by atoms with van der Waals surface area (Å²) in [6.07, 6.45) is 2.90. The standard InChI is InChI=1S/C18H29NO5SSi/c1-3-16-10-11-23-26(21-2,24-19-14-16)13-7-12-25-18(20)15-22-17-8-5-4-6-9-17/h4-6,8-9,16,19H,3,7,10-15H2,1-2H3. The highest BCUT2D eigenvalue weighted by Gasteiger charge is 2.41. The Morgan fingerprint density at radius 3 is 2.92 bits per heavy atom. The van der Waals surface area contributed by atoms with Gasteiger partial charge in [-0.2, -0.15) is 0 Å². The Balaban J connectivity index is 1.65. The predicted octanol–water partition coefficient (Wildman–Crippen LogP) is 3.27. The lowest BCUT2D eigenvalue weighted by atomic mass is 10.0. The van der Waals surface area contributed by atoms with Crippen LogP contribution in [0, 0.1) is 5.92 Å². The molecule has 1 aliphatic rings. The van der Waals surface area contributed by atoms with Gasteiger partial charge in [-0.1, -0.05) is 43.3 Å². The van der Waals surface area contributed by atoms with Crippen LogP contribution < -0.4 is 10.2 Å². The fourth-order valence-corrected chi connectivity index (χ4v) is 5.60. The zero-order chi connectivity index (χ0) is 18.7. The highest BCUT2D eigenvalue weighted by Crippen LogP contribution is 2.22. The maximum atomic E-state index is 11.9. The summed E-state index contributed by atoms with van der Waals surface area (Å²) in [5, 5.41) is 0.0189. The Kier molecular flexibility index (Phi) is 9.66. The lowest BCUT2D eigenvalue weighted by Gasteiger charge is -2.31. The molecule has 2 rings (SSSR count). The fourth-order valence-electron chi connectivity index (χ4n) is 2.63. The van der Waals surface area contributed by atoms with Gasteiger partial charge in [0.05, 0.1) is 0 Å². The molecule has 1 fully saturated rings. The van der Waals surface area contributed by atoms with E-state index >= 15 is 0 Å². The maximum Gasteiger partial charge on any atom is 0.517 e. The minimum absolute atomic E-state index is 0.0189. The highest BCUT2D eigenvalue weighted by atomic mass is 32.2. The van der Waals surface area contributed by atoms with E-state index < -0.39 is 8.80 Å². The monoisotopic (exact) mass is 399 g/mol. The molecule has 0 spiro atoms. The SMILES string of the molecule is CCC1CCO[Si](CCCSC(=O)COc2ccccc2)(OC)ONC1. The molecule has 0 aliphatic carbocycles. The number of ether oxygens (including phenoxy) is 1. The second-order valence-corrected chi connectivity index (χ2v) is 10.1. The number of carbonyl (C=O) groups excluding carboxylic acids is 1. The first kappa shape index (κ1) is 21.4. The van der Waals surface area contributed by atoms with Gasteiger partial charge in [0.25, 0.3) is 0 Å². The average Bonchev–Trinajstić information content (AvgIpc) is 2.66. The largest absolute Gasteiger partial charge is 0.517 e. The molecule has 146 valence electrons. The van der Waals surface area contributed by atoms with Crippen molar-refractivity contribution in [3.63, 3.8) is 0 Å². The number of hydrogen-bond acceptors (Lipinski definition) is 7. The summed E-state index contributed by atoms with van der Waals surface area (Å²) in [5.74, 6) is 1.97. The number of carbonyl (C=O) groups is 1. The van der Waals surface area contributed by atoms with Crippen LogP contribution in [0.3, 0.4) is 0 Å². The summed E-state index contributed by atoms with van der Waals surface area (Å²) in [6, 6.07) is 10.0. The normalized spacial score (nSPS) is 23.8. The number of para-hydroxylation sites is 1. The summed E-state index contributed by atoms with van der Waals surface area (Å²) in [6.45, 7) is 3.73. The summed E-state index contributed by atoms with van der Waals surface area (Å²) < 4.78 is 22.8. The molecule has 0 bridgehead atoms. The molecule has 2 atom stereocenters. The molecule has 6 nitrogen and oxygen atoms in total. The van der Waals surface area contributed by atoms with E-state index in [1.54, 1.807) is 7.11 Å². The van der Waals surface area contributed by atoms with Gasteiger partial charge in [-0.3, -0.25) is 9.32 Å². The molecule has 0 radical (unpaired) electrons. The summed E-state index contributed by atoms with van der Waals surface area (Å²) in [5.41, 5.74) is 3.04. The van der Waals surface area contributed by atoms with Gasteiger partial charge in [-0.05, 0) is 30.9 Å². The van der Waals surface area contributed by atoms with Crippen LogP contribution in [0.1, 0.15) is 26.2 Å². The van der Waals surface area contributed by atoms with Crippen molar-refractivity contribution >= 4 is 25.7 Å². The van der Waals surface area contributed by atoms with E-state index in [4.69, 9.17) is 18.1 Å². The maximum absolute atomic E-state index is 11.9. The van der Waals surface area contributed by atoms with Crippen molar-refractivity contribution in [3.05, 3.63) is 30.3 Å². The fraction of sp³-hybridized carbons (Fsp3) is 0.611.